The molecule has 1 N–H and O–H groups in total. The van der Waals surface area contributed by atoms with Crippen LogP contribution in [0.25, 0.3) is 0 Å². The highest BCUT2D eigenvalue weighted by atomic mass is 16.5. The lowest BCUT2D eigenvalue weighted by molar-refractivity contribution is -0.138. The van der Waals surface area contributed by atoms with E-state index in [1.807, 2.05) is 0 Å². The molecule has 0 aliphatic carbocycles. The standard InChI is InChI=1S/C13H15NO4/c1-9(11(8-15)18-2)14-12(13(16)17)10-6-4-3-5-7-10/h3-8,11-12H,1-2H3,(H,16,17). The Labute approximate surface area is 105 Å². The predicted octanol–water partition coefficient (Wildman–Crippen LogP) is 1.49. The van der Waals surface area contributed by atoms with Crippen molar-refractivity contribution in [3.05, 3.63) is 35.9 Å². The van der Waals surface area contributed by atoms with Crippen LogP contribution in [0.4, 0.5) is 0 Å². The van der Waals surface area contributed by atoms with Gasteiger partial charge in [0, 0.05) is 12.8 Å². The number of rotatable bonds is 6. The van der Waals surface area contributed by atoms with E-state index in [0.29, 0.717) is 17.6 Å². The second-order valence-electron chi connectivity index (χ2n) is 3.71. The number of aliphatic carboxylic acids is 1. The van der Waals surface area contributed by atoms with Crippen LogP contribution < -0.4 is 0 Å². The number of carboxylic acids is 1. The summed E-state index contributed by atoms with van der Waals surface area (Å²) >= 11 is 0. The van der Waals surface area contributed by atoms with Crippen LogP contribution in [0.2, 0.25) is 0 Å². The number of aldehydes is 1. The Morgan fingerprint density at radius 3 is 2.44 bits per heavy atom. The molecule has 0 aliphatic heterocycles. The Balaban J connectivity index is 3.05. The Morgan fingerprint density at radius 2 is 2.00 bits per heavy atom. The van der Waals surface area contributed by atoms with Gasteiger partial charge in [0.2, 0.25) is 0 Å². The summed E-state index contributed by atoms with van der Waals surface area (Å²) in [5.74, 6) is -1.07. The van der Waals surface area contributed by atoms with Crippen molar-refractivity contribution in [1.29, 1.82) is 0 Å². The minimum absolute atomic E-state index is 0.337. The van der Waals surface area contributed by atoms with Crippen molar-refractivity contribution in [2.24, 2.45) is 4.99 Å². The summed E-state index contributed by atoms with van der Waals surface area (Å²) < 4.78 is 4.89. The number of carbonyl (C=O) groups is 2. The smallest absolute Gasteiger partial charge is 0.333 e. The summed E-state index contributed by atoms with van der Waals surface area (Å²) in [6, 6.07) is 7.61. The lowest BCUT2D eigenvalue weighted by Gasteiger charge is -2.12. The quantitative estimate of drug-likeness (QED) is 0.612. The third-order valence-electron chi connectivity index (χ3n) is 2.47. The molecular formula is C13H15NO4. The van der Waals surface area contributed by atoms with Gasteiger partial charge in [0.15, 0.2) is 12.3 Å². The molecule has 1 aromatic rings. The molecule has 0 saturated carbocycles. The monoisotopic (exact) mass is 249 g/mol. The number of benzene rings is 1. The predicted molar refractivity (Wildman–Crippen MR) is 66.8 cm³/mol. The maximum absolute atomic E-state index is 11.2. The molecule has 0 aromatic heterocycles. The molecule has 1 aromatic carbocycles. The van der Waals surface area contributed by atoms with E-state index < -0.39 is 18.1 Å². The highest BCUT2D eigenvalue weighted by molar-refractivity contribution is 5.99. The van der Waals surface area contributed by atoms with E-state index in [-0.39, 0.29) is 0 Å². The number of methoxy groups -OCH3 is 1. The molecule has 0 spiro atoms. The summed E-state index contributed by atoms with van der Waals surface area (Å²) in [6.07, 6.45) is -0.224. The van der Waals surface area contributed by atoms with Gasteiger partial charge >= 0.3 is 5.97 Å². The van der Waals surface area contributed by atoms with Gasteiger partial charge in [-0.05, 0) is 12.5 Å². The average Bonchev–Trinajstić information content (AvgIpc) is 2.38. The van der Waals surface area contributed by atoms with Crippen LogP contribution in [0.3, 0.4) is 0 Å². The molecule has 96 valence electrons. The third-order valence-corrected chi connectivity index (χ3v) is 2.47. The topological polar surface area (TPSA) is 76.0 Å². The fourth-order valence-corrected chi connectivity index (χ4v) is 1.51. The van der Waals surface area contributed by atoms with Gasteiger partial charge in [0.25, 0.3) is 0 Å². The Morgan fingerprint density at radius 1 is 1.39 bits per heavy atom. The maximum Gasteiger partial charge on any atom is 0.333 e. The van der Waals surface area contributed by atoms with Crippen LogP contribution in [-0.4, -0.2) is 36.3 Å². The molecule has 0 radical (unpaired) electrons. The Bertz CT molecular complexity index is 442. The zero-order valence-electron chi connectivity index (χ0n) is 10.2. The lowest BCUT2D eigenvalue weighted by Crippen LogP contribution is -2.24. The zero-order chi connectivity index (χ0) is 13.5. The van der Waals surface area contributed by atoms with E-state index in [1.165, 1.54) is 7.11 Å². The first-order valence-corrected chi connectivity index (χ1v) is 5.40. The van der Waals surface area contributed by atoms with Gasteiger partial charge in [0.05, 0.1) is 0 Å². The molecule has 0 aliphatic rings. The molecule has 5 nitrogen and oxygen atoms in total. The van der Waals surface area contributed by atoms with Crippen LogP contribution in [0, 0.1) is 0 Å². The molecule has 0 heterocycles. The molecule has 0 saturated heterocycles. The fraction of sp³-hybridized carbons (Fsp3) is 0.308. The summed E-state index contributed by atoms with van der Waals surface area (Å²) in [6.45, 7) is 1.57. The van der Waals surface area contributed by atoms with Crippen molar-refractivity contribution in [1.82, 2.24) is 0 Å². The van der Waals surface area contributed by atoms with Crippen LogP contribution in [0.5, 0.6) is 0 Å². The Kier molecular flexibility index (Phi) is 5.20. The number of carboxylic acid groups (broad SMARTS) is 1. The van der Waals surface area contributed by atoms with E-state index >= 15 is 0 Å². The second-order valence-corrected chi connectivity index (χ2v) is 3.71. The minimum Gasteiger partial charge on any atom is -0.479 e. The first-order chi connectivity index (χ1) is 8.60. The largest absolute Gasteiger partial charge is 0.479 e. The van der Waals surface area contributed by atoms with Crippen LogP contribution in [0.1, 0.15) is 18.5 Å². The molecule has 18 heavy (non-hydrogen) atoms. The van der Waals surface area contributed by atoms with Gasteiger partial charge in [-0.15, -0.1) is 0 Å². The van der Waals surface area contributed by atoms with E-state index in [4.69, 9.17) is 9.84 Å². The van der Waals surface area contributed by atoms with Crippen LogP contribution >= 0.6 is 0 Å². The van der Waals surface area contributed by atoms with Gasteiger partial charge in [-0.3, -0.25) is 4.99 Å². The van der Waals surface area contributed by atoms with Crippen molar-refractivity contribution < 1.29 is 19.4 Å². The summed E-state index contributed by atoms with van der Waals surface area (Å²) in [5.41, 5.74) is 0.897. The maximum atomic E-state index is 11.2. The second kappa shape index (κ2) is 6.66. The molecule has 1 rings (SSSR count). The molecule has 5 heteroatoms. The summed E-state index contributed by atoms with van der Waals surface area (Å²) in [5, 5.41) is 9.17. The highest BCUT2D eigenvalue weighted by Gasteiger charge is 2.20. The van der Waals surface area contributed by atoms with Crippen LogP contribution in [-0.2, 0) is 14.3 Å². The summed E-state index contributed by atoms with van der Waals surface area (Å²) in [7, 11) is 1.37. The van der Waals surface area contributed by atoms with Gasteiger partial charge in [0.1, 0.15) is 6.10 Å². The highest BCUT2D eigenvalue weighted by Crippen LogP contribution is 2.18. The summed E-state index contributed by atoms with van der Waals surface area (Å²) in [4.78, 5) is 26.0. The zero-order valence-corrected chi connectivity index (χ0v) is 10.2. The fourth-order valence-electron chi connectivity index (χ4n) is 1.51. The van der Waals surface area contributed by atoms with Crippen molar-refractivity contribution in [3.8, 4) is 0 Å². The SMILES string of the molecule is COC(C=O)C(C)=NC(C(=O)O)c1ccccc1. The van der Waals surface area contributed by atoms with Crippen molar-refractivity contribution in [2.75, 3.05) is 7.11 Å². The van der Waals surface area contributed by atoms with E-state index in [9.17, 15) is 9.59 Å². The third kappa shape index (κ3) is 3.49. The van der Waals surface area contributed by atoms with Gasteiger partial charge in [-0.2, -0.15) is 0 Å². The van der Waals surface area contributed by atoms with E-state index in [0.717, 1.165) is 0 Å². The minimum atomic E-state index is -1.07. The number of hydrogen-bond donors (Lipinski definition) is 1. The van der Waals surface area contributed by atoms with Crippen molar-refractivity contribution in [3.63, 3.8) is 0 Å². The molecule has 0 bridgehead atoms. The number of hydrogen-bond acceptors (Lipinski definition) is 4. The molecule has 0 fully saturated rings. The van der Waals surface area contributed by atoms with Gasteiger partial charge < -0.3 is 14.6 Å². The first kappa shape index (κ1) is 14.1. The Hall–Kier alpha value is -2.01. The number of ether oxygens (including phenoxy) is 1. The molecular weight excluding hydrogens is 234 g/mol. The molecule has 2 unspecified atom stereocenters. The van der Waals surface area contributed by atoms with Crippen molar-refractivity contribution >= 4 is 18.0 Å². The van der Waals surface area contributed by atoms with E-state index in [2.05, 4.69) is 4.99 Å². The normalized spacial score (nSPS) is 14.9. The molecule has 2 atom stereocenters. The number of nitrogens with zero attached hydrogens (tertiary/aromatic N) is 1. The molecule has 0 amide bonds. The average molecular weight is 249 g/mol. The lowest BCUT2D eigenvalue weighted by atomic mass is 10.1. The first-order valence-electron chi connectivity index (χ1n) is 5.40. The van der Waals surface area contributed by atoms with E-state index in [1.54, 1.807) is 37.3 Å². The van der Waals surface area contributed by atoms with Gasteiger partial charge in [-0.25, -0.2) is 4.79 Å². The van der Waals surface area contributed by atoms with Crippen LogP contribution in [0.15, 0.2) is 35.3 Å². The number of carbonyl (C=O) groups excluding carboxylic acids is 1. The van der Waals surface area contributed by atoms with Crippen molar-refractivity contribution in [2.45, 2.75) is 19.1 Å². The number of aliphatic imine (C=N–C) groups is 1. The van der Waals surface area contributed by atoms with Gasteiger partial charge in [-0.1, -0.05) is 30.3 Å².